The van der Waals surface area contributed by atoms with Crippen LogP contribution in [0.2, 0.25) is 0 Å². The predicted octanol–water partition coefficient (Wildman–Crippen LogP) is 6.65. The molecule has 1 N–H and O–H groups in total. The first-order chi connectivity index (χ1) is 22.3. The van der Waals surface area contributed by atoms with Crippen LogP contribution in [0.3, 0.4) is 0 Å². The molecule has 3 heterocycles. The van der Waals surface area contributed by atoms with Crippen LogP contribution >= 0.6 is 27.7 Å². The van der Waals surface area contributed by atoms with Gasteiger partial charge in [0, 0.05) is 10.9 Å². The van der Waals surface area contributed by atoms with Crippen LogP contribution in [-0.4, -0.2) is 50.2 Å². The largest absolute Gasteiger partial charge is 0.497 e. The Morgan fingerprint density at radius 1 is 1.04 bits per heavy atom. The van der Waals surface area contributed by atoms with Crippen molar-refractivity contribution in [2.24, 2.45) is 5.10 Å². The number of hydrazone groups is 1. The van der Waals surface area contributed by atoms with Crippen LogP contribution in [-0.2, 0) is 11.3 Å². The molecular formula is C34H31BrN6O4S. The number of carbonyl (C=O) groups is 2. The summed E-state index contributed by atoms with van der Waals surface area (Å²) in [5.41, 5.74) is 5.68. The van der Waals surface area contributed by atoms with Gasteiger partial charge in [0.25, 0.3) is 11.8 Å². The molecule has 2 aromatic heterocycles. The molecule has 1 atom stereocenters. The van der Waals surface area contributed by atoms with Crippen molar-refractivity contribution in [3.63, 3.8) is 0 Å². The first-order valence-electron chi connectivity index (χ1n) is 14.6. The van der Waals surface area contributed by atoms with Crippen molar-refractivity contribution in [3.8, 4) is 11.4 Å². The van der Waals surface area contributed by atoms with E-state index >= 15 is 0 Å². The molecule has 3 aromatic carbocycles. The van der Waals surface area contributed by atoms with Gasteiger partial charge in [0.05, 0.1) is 43.1 Å². The molecule has 0 radical (unpaired) electrons. The van der Waals surface area contributed by atoms with Crippen LogP contribution in [0.1, 0.15) is 51.1 Å². The maximum atomic E-state index is 13.9. The summed E-state index contributed by atoms with van der Waals surface area (Å²) in [6.45, 7) is 4.12. The zero-order chi connectivity index (χ0) is 32.2. The fourth-order valence-electron chi connectivity index (χ4n) is 5.20. The van der Waals surface area contributed by atoms with Crippen molar-refractivity contribution in [1.29, 1.82) is 0 Å². The number of amides is 2. The Morgan fingerprint density at radius 3 is 2.54 bits per heavy atom. The van der Waals surface area contributed by atoms with Crippen molar-refractivity contribution < 1.29 is 18.7 Å². The fourth-order valence-corrected chi connectivity index (χ4v) is 6.28. The number of halogens is 1. The second-order valence-electron chi connectivity index (χ2n) is 10.8. The molecule has 5 aromatic rings. The molecule has 46 heavy (non-hydrogen) atoms. The fraction of sp³-hybridized carbons (Fsp3) is 0.206. The molecule has 0 unspecified atom stereocenters. The molecular weight excluding hydrogens is 668 g/mol. The third-order valence-corrected chi connectivity index (χ3v) is 9.07. The molecule has 0 saturated carbocycles. The Balaban J connectivity index is 1.27. The number of carbonyl (C=O) groups excluding carboxylic acids is 2. The second kappa shape index (κ2) is 13.8. The second-order valence-corrected chi connectivity index (χ2v) is 12.6. The highest BCUT2D eigenvalue weighted by atomic mass is 79.9. The van der Waals surface area contributed by atoms with Crippen molar-refractivity contribution in [2.75, 3.05) is 12.9 Å². The molecule has 0 fully saturated rings. The van der Waals surface area contributed by atoms with Crippen LogP contribution in [0.25, 0.3) is 5.69 Å². The molecule has 10 nitrogen and oxygen atoms in total. The number of aryl methyl sites for hydroxylation is 2. The van der Waals surface area contributed by atoms with Crippen LogP contribution in [0.5, 0.6) is 5.75 Å². The minimum atomic E-state index is -0.358. The van der Waals surface area contributed by atoms with Gasteiger partial charge in [-0.1, -0.05) is 64.1 Å². The molecule has 0 saturated heterocycles. The summed E-state index contributed by atoms with van der Waals surface area (Å²) in [5, 5.41) is 18.6. The van der Waals surface area contributed by atoms with Gasteiger partial charge >= 0.3 is 0 Å². The first-order valence-corrected chi connectivity index (χ1v) is 16.3. The van der Waals surface area contributed by atoms with E-state index in [9.17, 15) is 9.59 Å². The Hall–Kier alpha value is -4.68. The number of nitrogens with zero attached hydrogens (tertiary/aromatic N) is 5. The standard InChI is InChI=1S/C34H31BrN6O4S/c1-21-6-7-22(2)28(17-21)40-31(19-36-33(43)30-5-4-16-45-30)37-38-34(40)46-20-32(42)41-29(24-10-14-26(44-3)15-11-24)18-27(39-41)23-8-12-25(35)13-9-23/h4-17,29H,18-20H2,1-3H3,(H,36,43)/t29-/m0/s1. The van der Waals surface area contributed by atoms with Gasteiger partial charge in [-0.3, -0.25) is 14.2 Å². The number of hydrogen-bond donors (Lipinski definition) is 1. The topological polar surface area (TPSA) is 115 Å². The molecule has 12 heteroatoms. The number of methoxy groups -OCH3 is 1. The van der Waals surface area contributed by atoms with E-state index in [2.05, 4.69) is 31.4 Å². The summed E-state index contributed by atoms with van der Waals surface area (Å²) >= 11 is 4.77. The van der Waals surface area contributed by atoms with E-state index in [1.807, 2.05) is 85.1 Å². The number of thioether (sulfide) groups is 1. The SMILES string of the molecule is COc1ccc([C@@H]2CC(c3ccc(Br)cc3)=NN2C(=O)CSc2nnc(CNC(=O)c3ccco3)n2-c2cc(C)ccc2C)cc1. The van der Waals surface area contributed by atoms with E-state index in [-0.39, 0.29) is 35.9 Å². The van der Waals surface area contributed by atoms with Gasteiger partial charge in [0.2, 0.25) is 0 Å². The highest BCUT2D eigenvalue weighted by Crippen LogP contribution is 2.35. The van der Waals surface area contributed by atoms with Gasteiger partial charge in [-0.05, 0) is 78.6 Å². The highest BCUT2D eigenvalue weighted by Gasteiger charge is 2.33. The quantitative estimate of drug-likeness (QED) is 0.163. The lowest BCUT2D eigenvalue weighted by molar-refractivity contribution is -0.130. The van der Waals surface area contributed by atoms with Crippen molar-refractivity contribution >= 4 is 45.2 Å². The smallest absolute Gasteiger partial charge is 0.287 e. The molecule has 234 valence electrons. The van der Waals surface area contributed by atoms with Crippen LogP contribution in [0.15, 0.2) is 104 Å². The van der Waals surface area contributed by atoms with Gasteiger partial charge in [-0.25, -0.2) is 5.01 Å². The Kier molecular flexibility index (Phi) is 9.36. The van der Waals surface area contributed by atoms with E-state index in [0.29, 0.717) is 17.4 Å². The number of benzene rings is 3. The van der Waals surface area contributed by atoms with Gasteiger partial charge in [-0.2, -0.15) is 5.10 Å². The third-order valence-electron chi connectivity index (χ3n) is 7.63. The lowest BCUT2D eigenvalue weighted by Crippen LogP contribution is -2.28. The van der Waals surface area contributed by atoms with Crippen molar-refractivity contribution in [2.45, 2.75) is 38.0 Å². The van der Waals surface area contributed by atoms with E-state index in [1.165, 1.54) is 18.0 Å². The summed E-state index contributed by atoms with van der Waals surface area (Å²) in [7, 11) is 1.63. The molecule has 1 aliphatic rings. The maximum absolute atomic E-state index is 13.9. The predicted molar refractivity (Wildman–Crippen MR) is 179 cm³/mol. The summed E-state index contributed by atoms with van der Waals surface area (Å²) in [6, 6.07) is 24.7. The average Bonchev–Trinajstić information content (AvgIpc) is 3.85. The number of rotatable bonds is 10. The van der Waals surface area contributed by atoms with Crippen molar-refractivity contribution in [1.82, 2.24) is 25.1 Å². The number of aromatic nitrogens is 3. The van der Waals surface area contributed by atoms with Crippen molar-refractivity contribution in [3.05, 3.63) is 123 Å². The van der Waals surface area contributed by atoms with E-state index in [0.717, 1.165) is 43.9 Å². The Morgan fingerprint density at radius 2 is 1.83 bits per heavy atom. The van der Waals surface area contributed by atoms with E-state index < -0.39 is 0 Å². The zero-order valence-corrected chi connectivity index (χ0v) is 27.8. The van der Waals surface area contributed by atoms with Crippen LogP contribution in [0, 0.1) is 13.8 Å². The minimum Gasteiger partial charge on any atom is -0.497 e. The molecule has 6 rings (SSSR count). The van der Waals surface area contributed by atoms with Gasteiger partial charge in [0.15, 0.2) is 16.7 Å². The third kappa shape index (κ3) is 6.77. The molecule has 0 bridgehead atoms. The normalized spacial score (nSPS) is 14.3. The zero-order valence-electron chi connectivity index (χ0n) is 25.4. The lowest BCUT2D eigenvalue weighted by atomic mass is 9.98. The van der Waals surface area contributed by atoms with Crippen LogP contribution < -0.4 is 10.1 Å². The monoisotopic (exact) mass is 698 g/mol. The average molecular weight is 700 g/mol. The highest BCUT2D eigenvalue weighted by molar-refractivity contribution is 9.10. The van der Waals surface area contributed by atoms with E-state index in [4.69, 9.17) is 14.3 Å². The molecule has 0 aliphatic carbocycles. The van der Waals surface area contributed by atoms with Gasteiger partial charge < -0.3 is 14.5 Å². The summed E-state index contributed by atoms with van der Waals surface area (Å²) in [5.74, 6) is 1.02. The molecule has 1 aliphatic heterocycles. The molecule has 2 amide bonds. The van der Waals surface area contributed by atoms with Gasteiger partial charge in [-0.15, -0.1) is 10.2 Å². The number of nitrogens with one attached hydrogen (secondary N) is 1. The maximum Gasteiger partial charge on any atom is 0.287 e. The van der Waals surface area contributed by atoms with Crippen LogP contribution in [0.4, 0.5) is 0 Å². The first kappa shape index (κ1) is 31.3. The summed E-state index contributed by atoms with van der Waals surface area (Å²) < 4.78 is 13.4. The lowest BCUT2D eigenvalue weighted by Gasteiger charge is -2.22. The van der Waals surface area contributed by atoms with Gasteiger partial charge in [0.1, 0.15) is 5.75 Å². The Labute approximate surface area is 279 Å². The number of hydrogen-bond acceptors (Lipinski definition) is 8. The Bertz CT molecular complexity index is 1890. The van der Waals surface area contributed by atoms with E-state index in [1.54, 1.807) is 24.3 Å². The summed E-state index contributed by atoms with van der Waals surface area (Å²) in [4.78, 5) is 26.5. The number of furan rings is 1. The number of ether oxygens (including phenoxy) is 1. The molecule has 0 spiro atoms. The minimum absolute atomic E-state index is 0.0749. The summed E-state index contributed by atoms with van der Waals surface area (Å²) in [6.07, 6.45) is 2.02.